The molecule has 244 valence electrons. The van der Waals surface area contributed by atoms with Crippen LogP contribution in [0, 0.1) is 45.8 Å². The Kier molecular flexibility index (Phi) is 10.6. The predicted molar refractivity (Wildman–Crippen MR) is 173 cm³/mol. The van der Waals surface area contributed by atoms with Gasteiger partial charge in [-0.2, -0.15) is 0 Å². The van der Waals surface area contributed by atoms with Crippen LogP contribution in [0.3, 0.4) is 0 Å². The monoisotopic (exact) mass is 589 g/mol. The standard InChI is InChI=1S/C38H68O4/c1-10-11-12-13-14-17-33(40)41-26-15-16-32-35(7)24-25-36(8)29(28(4)18-19-30(39)27(2)3)20-22-37(36,9)31(35)21-23-38(32)34(5,6)42-38/h27-32,39H,10-26H2,1-9H3/t28-,29-,30-,31-,32-,35+,36-,37+,38-/m0/s1. The maximum Gasteiger partial charge on any atom is 0.305 e. The summed E-state index contributed by atoms with van der Waals surface area (Å²) in [5.41, 5.74) is 0.908. The zero-order valence-corrected chi connectivity index (χ0v) is 29.2. The lowest BCUT2D eigenvalue weighted by molar-refractivity contribution is -0.173. The number of rotatable bonds is 15. The number of hydrogen-bond donors (Lipinski definition) is 1. The third-order valence-electron chi connectivity index (χ3n) is 14.2. The summed E-state index contributed by atoms with van der Waals surface area (Å²) >= 11 is 0. The molecular weight excluding hydrogens is 520 g/mol. The minimum absolute atomic E-state index is 0.00933. The topological polar surface area (TPSA) is 59.1 Å². The second-order valence-electron chi connectivity index (χ2n) is 17.0. The molecule has 3 aliphatic carbocycles. The van der Waals surface area contributed by atoms with Gasteiger partial charge in [-0.3, -0.25) is 4.79 Å². The Labute approximate surface area is 259 Å². The van der Waals surface area contributed by atoms with E-state index in [4.69, 9.17) is 9.47 Å². The van der Waals surface area contributed by atoms with Crippen molar-refractivity contribution in [2.45, 2.75) is 182 Å². The molecule has 4 aliphatic rings. The fourth-order valence-corrected chi connectivity index (χ4v) is 11.2. The van der Waals surface area contributed by atoms with E-state index in [2.05, 4.69) is 62.3 Å². The molecule has 4 fully saturated rings. The number of ether oxygens (including phenoxy) is 2. The van der Waals surface area contributed by atoms with Gasteiger partial charge >= 0.3 is 5.97 Å². The summed E-state index contributed by atoms with van der Waals surface area (Å²) in [5, 5.41) is 10.5. The number of aliphatic hydroxyl groups excluding tert-OH is 1. The largest absolute Gasteiger partial charge is 0.466 e. The number of hydrogen-bond acceptors (Lipinski definition) is 4. The quantitative estimate of drug-likeness (QED) is 0.117. The van der Waals surface area contributed by atoms with Crippen LogP contribution in [0.2, 0.25) is 0 Å². The first-order valence-corrected chi connectivity index (χ1v) is 18.2. The molecule has 1 aliphatic heterocycles. The number of esters is 1. The molecule has 1 heterocycles. The van der Waals surface area contributed by atoms with Crippen molar-refractivity contribution in [1.29, 1.82) is 0 Å². The van der Waals surface area contributed by atoms with Crippen molar-refractivity contribution in [1.82, 2.24) is 0 Å². The Bertz CT molecular complexity index is 913. The van der Waals surface area contributed by atoms with E-state index < -0.39 is 0 Å². The number of unbranched alkanes of at least 4 members (excludes halogenated alkanes) is 4. The Morgan fingerprint density at radius 3 is 2.21 bits per heavy atom. The Morgan fingerprint density at radius 1 is 0.881 bits per heavy atom. The molecule has 9 atom stereocenters. The summed E-state index contributed by atoms with van der Waals surface area (Å²) in [7, 11) is 0. The third-order valence-corrected chi connectivity index (χ3v) is 14.2. The third kappa shape index (κ3) is 6.12. The SMILES string of the molecule is CCCCCCCC(=O)OCCC[C@H]1[C@]2(C)CC[C@@]3(C)[C@H]([C@@H](C)CC[C@H](O)C(C)C)CC[C@]3(C)[C@H]2CC[C@]12OC2(C)C. The fourth-order valence-electron chi connectivity index (χ4n) is 11.2. The van der Waals surface area contributed by atoms with Gasteiger partial charge in [-0.15, -0.1) is 0 Å². The first-order valence-electron chi connectivity index (χ1n) is 18.2. The zero-order chi connectivity index (χ0) is 31.0. The van der Waals surface area contributed by atoms with E-state index in [9.17, 15) is 9.90 Å². The molecule has 0 amide bonds. The molecule has 0 unspecified atom stereocenters. The number of epoxide rings is 1. The van der Waals surface area contributed by atoms with Crippen molar-refractivity contribution in [2.75, 3.05) is 6.61 Å². The van der Waals surface area contributed by atoms with Crippen LogP contribution in [0.25, 0.3) is 0 Å². The van der Waals surface area contributed by atoms with Gasteiger partial charge in [0.1, 0.15) is 5.60 Å². The molecule has 4 nitrogen and oxygen atoms in total. The molecular formula is C38H68O4. The molecule has 0 bridgehead atoms. The summed E-state index contributed by atoms with van der Waals surface area (Å²) in [5.74, 6) is 2.97. The molecule has 4 heteroatoms. The Hall–Kier alpha value is -0.610. The van der Waals surface area contributed by atoms with Crippen LogP contribution >= 0.6 is 0 Å². The lowest BCUT2D eigenvalue weighted by Crippen LogP contribution is -2.61. The number of fused-ring (bicyclic) bond motifs is 3. The van der Waals surface area contributed by atoms with Crippen LogP contribution in [0.4, 0.5) is 0 Å². The first kappa shape index (κ1) is 34.3. The van der Waals surface area contributed by atoms with E-state index in [0.717, 1.165) is 44.4 Å². The summed E-state index contributed by atoms with van der Waals surface area (Å²) in [6.07, 6.45) is 18.0. The molecule has 3 saturated carbocycles. The number of carbonyl (C=O) groups excluding carboxylic acids is 1. The van der Waals surface area contributed by atoms with E-state index in [0.29, 0.717) is 47.5 Å². The number of carbonyl (C=O) groups is 1. The van der Waals surface area contributed by atoms with Gasteiger partial charge in [-0.1, -0.05) is 74.1 Å². The molecule has 1 N–H and O–H groups in total. The van der Waals surface area contributed by atoms with Gasteiger partial charge in [-0.05, 0) is 130 Å². The van der Waals surface area contributed by atoms with E-state index in [1.54, 1.807) is 0 Å². The van der Waals surface area contributed by atoms with Crippen LogP contribution in [-0.4, -0.2) is 35.0 Å². The van der Waals surface area contributed by atoms with E-state index in [1.165, 1.54) is 57.8 Å². The van der Waals surface area contributed by atoms with Gasteiger partial charge in [0.25, 0.3) is 0 Å². The molecule has 1 saturated heterocycles. The second-order valence-corrected chi connectivity index (χ2v) is 17.0. The van der Waals surface area contributed by atoms with Crippen molar-refractivity contribution < 1.29 is 19.4 Å². The zero-order valence-electron chi connectivity index (χ0n) is 29.2. The minimum atomic E-state index is -0.176. The maximum atomic E-state index is 12.4. The first-order chi connectivity index (χ1) is 19.7. The lowest BCUT2D eigenvalue weighted by Gasteiger charge is -2.65. The van der Waals surface area contributed by atoms with Crippen molar-refractivity contribution >= 4 is 5.97 Å². The molecule has 0 aromatic carbocycles. The van der Waals surface area contributed by atoms with Gasteiger partial charge < -0.3 is 14.6 Å². The summed E-state index contributed by atoms with van der Waals surface area (Å²) < 4.78 is 12.4. The van der Waals surface area contributed by atoms with Crippen LogP contribution < -0.4 is 0 Å². The smallest absolute Gasteiger partial charge is 0.305 e. The Balaban J connectivity index is 1.42. The van der Waals surface area contributed by atoms with Gasteiger partial charge in [0, 0.05) is 6.42 Å². The molecule has 4 rings (SSSR count). The van der Waals surface area contributed by atoms with Crippen LogP contribution in [-0.2, 0) is 14.3 Å². The summed E-state index contributed by atoms with van der Waals surface area (Å²) in [6.45, 7) is 22.1. The summed E-state index contributed by atoms with van der Waals surface area (Å²) in [4.78, 5) is 12.4. The normalized spacial score (nSPS) is 40.0. The number of aliphatic hydroxyl groups is 1. The minimum Gasteiger partial charge on any atom is -0.466 e. The molecule has 0 radical (unpaired) electrons. The van der Waals surface area contributed by atoms with E-state index in [1.807, 2.05) is 0 Å². The fraction of sp³-hybridized carbons (Fsp3) is 0.974. The van der Waals surface area contributed by atoms with Gasteiger partial charge in [-0.25, -0.2) is 0 Å². The van der Waals surface area contributed by atoms with Crippen molar-refractivity contribution in [3.05, 3.63) is 0 Å². The molecule has 1 spiro atoms. The average molecular weight is 589 g/mol. The van der Waals surface area contributed by atoms with Crippen LogP contribution in [0.1, 0.15) is 165 Å². The highest BCUT2D eigenvalue weighted by molar-refractivity contribution is 5.69. The average Bonchev–Trinajstić information content (AvgIpc) is 3.35. The molecule has 0 aromatic heterocycles. The molecule has 42 heavy (non-hydrogen) atoms. The predicted octanol–water partition coefficient (Wildman–Crippen LogP) is 9.90. The van der Waals surface area contributed by atoms with Crippen molar-refractivity contribution in [2.24, 2.45) is 45.8 Å². The van der Waals surface area contributed by atoms with Crippen molar-refractivity contribution in [3.8, 4) is 0 Å². The lowest BCUT2D eigenvalue weighted by atomic mass is 9.39. The second kappa shape index (κ2) is 13.0. The van der Waals surface area contributed by atoms with Crippen LogP contribution in [0.5, 0.6) is 0 Å². The Morgan fingerprint density at radius 2 is 1.57 bits per heavy atom. The summed E-state index contributed by atoms with van der Waals surface area (Å²) in [6, 6.07) is 0. The van der Waals surface area contributed by atoms with Gasteiger partial charge in [0.05, 0.1) is 18.3 Å². The van der Waals surface area contributed by atoms with Gasteiger partial charge in [0.2, 0.25) is 0 Å². The van der Waals surface area contributed by atoms with Crippen molar-refractivity contribution in [3.63, 3.8) is 0 Å². The highest BCUT2D eigenvalue weighted by Gasteiger charge is 2.76. The van der Waals surface area contributed by atoms with Gasteiger partial charge in [0.15, 0.2) is 0 Å². The molecule has 0 aromatic rings. The van der Waals surface area contributed by atoms with Crippen LogP contribution in [0.15, 0.2) is 0 Å². The highest BCUT2D eigenvalue weighted by atomic mass is 16.6. The van der Waals surface area contributed by atoms with E-state index in [-0.39, 0.29) is 28.7 Å². The highest BCUT2D eigenvalue weighted by Crippen LogP contribution is 2.77. The van der Waals surface area contributed by atoms with E-state index >= 15 is 0 Å². The maximum absolute atomic E-state index is 12.4.